The Bertz CT molecular complexity index is 1090. The Morgan fingerprint density at radius 3 is 2.48 bits per heavy atom. The van der Waals surface area contributed by atoms with Crippen LogP contribution in [0.15, 0.2) is 48.5 Å². The topological polar surface area (TPSA) is 96.0 Å². The van der Waals surface area contributed by atoms with Crippen LogP contribution in [0.25, 0.3) is 0 Å². The number of amides is 2. The predicted molar refractivity (Wildman–Crippen MR) is 127 cm³/mol. The first kappa shape index (κ1) is 24.6. The molecule has 0 saturated carbocycles. The molecule has 0 unspecified atom stereocenters. The molecule has 8 nitrogen and oxygen atoms in total. The van der Waals surface area contributed by atoms with E-state index >= 15 is 0 Å². The highest BCUT2D eigenvalue weighted by Gasteiger charge is 2.22. The van der Waals surface area contributed by atoms with Crippen molar-refractivity contribution >= 4 is 27.5 Å². The van der Waals surface area contributed by atoms with Crippen molar-refractivity contribution in [2.24, 2.45) is 0 Å². The molecular weight excluding hydrogens is 442 g/mol. The van der Waals surface area contributed by atoms with Gasteiger partial charge in [-0.1, -0.05) is 36.4 Å². The minimum absolute atomic E-state index is 0.157. The van der Waals surface area contributed by atoms with Crippen LogP contribution in [0, 0.1) is 0 Å². The summed E-state index contributed by atoms with van der Waals surface area (Å²) in [5, 5.41) is 2.92. The summed E-state index contributed by atoms with van der Waals surface area (Å²) >= 11 is 0. The smallest absolute Gasteiger partial charge is 0.232 e. The van der Waals surface area contributed by atoms with Gasteiger partial charge in [-0.15, -0.1) is 0 Å². The van der Waals surface area contributed by atoms with Crippen LogP contribution in [-0.4, -0.2) is 51.6 Å². The number of likely N-dealkylation sites (tertiary alicyclic amines) is 1. The van der Waals surface area contributed by atoms with Gasteiger partial charge < -0.3 is 15.0 Å². The Morgan fingerprint density at radius 2 is 1.82 bits per heavy atom. The van der Waals surface area contributed by atoms with Gasteiger partial charge >= 0.3 is 0 Å². The maximum absolute atomic E-state index is 12.4. The van der Waals surface area contributed by atoms with Gasteiger partial charge in [0.1, 0.15) is 5.75 Å². The van der Waals surface area contributed by atoms with Crippen molar-refractivity contribution in [2.75, 3.05) is 30.8 Å². The molecule has 33 heavy (non-hydrogen) atoms. The molecule has 1 aliphatic rings. The number of anilines is 1. The number of nitrogens with one attached hydrogen (secondary N) is 1. The van der Waals surface area contributed by atoms with Gasteiger partial charge in [0.2, 0.25) is 21.8 Å². The van der Waals surface area contributed by atoms with Crippen LogP contribution in [0.4, 0.5) is 5.69 Å². The zero-order chi connectivity index (χ0) is 23.8. The third-order valence-corrected chi connectivity index (χ3v) is 6.83. The highest BCUT2D eigenvalue weighted by Crippen LogP contribution is 2.29. The van der Waals surface area contributed by atoms with Crippen LogP contribution in [-0.2, 0) is 32.7 Å². The average Bonchev–Trinajstić information content (AvgIpc) is 3.19. The maximum atomic E-state index is 12.4. The van der Waals surface area contributed by atoms with Crippen LogP contribution in [0.1, 0.15) is 36.8 Å². The summed E-state index contributed by atoms with van der Waals surface area (Å²) in [5.41, 5.74) is 2.44. The highest BCUT2D eigenvalue weighted by atomic mass is 32.2. The number of para-hydroxylation sites is 2. The summed E-state index contributed by atoms with van der Waals surface area (Å²) < 4.78 is 31.2. The number of carbonyl (C=O) groups is 2. The first-order valence-electron chi connectivity index (χ1n) is 11.0. The largest absolute Gasteiger partial charge is 0.495 e. The number of hydrogen-bond acceptors (Lipinski definition) is 5. The van der Waals surface area contributed by atoms with Crippen LogP contribution >= 0.6 is 0 Å². The van der Waals surface area contributed by atoms with Gasteiger partial charge in [0, 0.05) is 39.0 Å². The summed E-state index contributed by atoms with van der Waals surface area (Å²) in [4.78, 5) is 26.2. The number of hydrogen-bond donors (Lipinski definition) is 1. The number of methoxy groups -OCH3 is 1. The Morgan fingerprint density at radius 1 is 1.12 bits per heavy atom. The molecule has 0 aromatic heterocycles. The molecule has 2 aromatic rings. The lowest BCUT2D eigenvalue weighted by Gasteiger charge is -2.24. The molecule has 0 atom stereocenters. The van der Waals surface area contributed by atoms with Gasteiger partial charge in [-0.05, 0) is 36.1 Å². The molecule has 1 fully saturated rings. The maximum Gasteiger partial charge on any atom is 0.232 e. The third-order valence-electron chi connectivity index (χ3n) is 5.65. The molecular formula is C24H31N3O5S. The second-order valence-electron chi connectivity index (χ2n) is 8.07. The van der Waals surface area contributed by atoms with E-state index in [0.717, 1.165) is 30.3 Å². The van der Waals surface area contributed by atoms with E-state index in [0.29, 0.717) is 37.4 Å². The number of nitrogens with zero attached hydrogens (tertiary/aromatic N) is 2. The second kappa shape index (κ2) is 11.2. The van der Waals surface area contributed by atoms with Crippen molar-refractivity contribution in [3.05, 3.63) is 59.7 Å². The number of rotatable bonds is 11. The molecule has 0 spiro atoms. The fourth-order valence-corrected chi connectivity index (χ4v) is 4.90. The summed E-state index contributed by atoms with van der Waals surface area (Å²) in [6, 6.07) is 14.7. The zero-order valence-corrected chi connectivity index (χ0v) is 19.9. The summed E-state index contributed by atoms with van der Waals surface area (Å²) in [5.74, 6) is 0.468. The lowest BCUT2D eigenvalue weighted by Crippen LogP contribution is -2.32. The standard InChI is InChI=1S/C24H31N3O5S/c1-32-22-12-6-5-11-21(22)27(33(2,30)31)16-7-13-23(28)25-17-19-9-3-4-10-20(19)18-26-15-8-14-24(26)29/h3-6,9-12H,7-8,13-18H2,1-2H3,(H,25,28). The normalized spacial score (nSPS) is 13.8. The van der Waals surface area contributed by atoms with Crippen LogP contribution in [0.3, 0.4) is 0 Å². The Kier molecular flexibility index (Phi) is 8.32. The van der Waals surface area contributed by atoms with Crippen LogP contribution in [0.2, 0.25) is 0 Å². The first-order valence-corrected chi connectivity index (χ1v) is 12.9. The second-order valence-corrected chi connectivity index (χ2v) is 9.98. The van der Waals surface area contributed by atoms with E-state index in [9.17, 15) is 18.0 Å². The van der Waals surface area contributed by atoms with Crippen molar-refractivity contribution < 1.29 is 22.7 Å². The molecule has 3 rings (SSSR count). The predicted octanol–water partition coefficient (Wildman–Crippen LogP) is 2.68. The number of sulfonamides is 1. The Balaban J connectivity index is 1.55. The minimum Gasteiger partial charge on any atom is -0.495 e. The molecule has 1 saturated heterocycles. The quantitative estimate of drug-likeness (QED) is 0.541. The van der Waals surface area contributed by atoms with Crippen molar-refractivity contribution in [1.29, 1.82) is 0 Å². The molecule has 0 bridgehead atoms. The van der Waals surface area contributed by atoms with Crippen molar-refractivity contribution in [3.8, 4) is 5.75 Å². The average molecular weight is 474 g/mol. The molecule has 1 N–H and O–H groups in total. The van der Waals surface area contributed by atoms with E-state index in [1.807, 2.05) is 29.2 Å². The minimum atomic E-state index is -3.54. The van der Waals surface area contributed by atoms with Gasteiger partial charge in [-0.2, -0.15) is 0 Å². The van der Waals surface area contributed by atoms with Crippen LogP contribution < -0.4 is 14.4 Å². The molecule has 0 aliphatic carbocycles. The number of benzene rings is 2. The number of carbonyl (C=O) groups excluding carboxylic acids is 2. The number of ether oxygens (including phenoxy) is 1. The van der Waals surface area contributed by atoms with Gasteiger partial charge in [0.05, 0.1) is 19.1 Å². The zero-order valence-electron chi connectivity index (χ0n) is 19.1. The van der Waals surface area contributed by atoms with Crippen molar-refractivity contribution in [3.63, 3.8) is 0 Å². The van der Waals surface area contributed by atoms with Gasteiger partial charge in [0.25, 0.3) is 0 Å². The van der Waals surface area contributed by atoms with E-state index in [2.05, 4.69) is 5.32 Å². The lowest BCUT2D eigenvalue weighted by molar-refractivity contribution is -0.128. The van der Waals surface area contributed by atoms with Gasteiger partial charge in [-0.3, -0.25) is 13.9 Å². The van der Waals surface area contributed by atoms with E-state index in [1.54, 1.807) is 24.3 Å². The molecule has 2 aromatic carbocycles. The molecule has 1 aliphatic heterocycles. The molecule has 9 heteroatoms. The molecule has 0 radical (unpaired) electrons. The van der Waals surface area contributed by atoms with E-state index < -0.39 is 10.0 Å². The third kappa shape index (κ3) is 6.71. The monoisotopic (exact) mass is 473 g/mol. The Hall–Kier alpha value is -3.07. The van der Waals surface area contributed by atoms with Gasteiger partial charge in [0.15, 0.2) is 0 Å². The lowest BCUT2D eigenvalue weighted by atomic mass is 10.1. The van der Waals surface area contributed by atoms with E-state index in [1.165, 1.54) is 11.4 Å². The molecule has 1 heterocycles. The Labute approximate surface area is 195 Å². The van der Waals surface area contributed by atoms with Crippen molar-refractivity contribution in [1.82, 2.24) is 10.2 Å². The fourth-order valence-electron chi connectivity index (χ4n) is 3.93. The highest BCUT2D eigenvalue weighted by molar-refractivity contribution is 7.92. The van der Waals surface area contributed by atoms with E-state index in [-0.39, 0.29) is 24.8 Å². The summed E-state index contributed by atoms with van der Waals surface area (Å²) in [7, 11) is -2.05. The first-order chi connectivity index (χ1) is 15.8. The van der Waals surface area contributed by atoms with Crippen LogP contribution in [0.5, 0.6) is 5.75 Å². The SMILES string of the molecule is COc1ccccc1N(CCCC(=O)NCc1ccccc1CN1CCCC1=O)S(C)(=O)=O. The van der Waals surface area contributed by atoms with Gasteiger partial charge in [-0.25, -0.2) is 8.42 Å². The van der Waals surface area contributed by atoms with E-state index in [4.69, 9.17) is 4.74 Å². The summed E-state index contributed by atoms with van der Waals surface area (Å²) in [6.45, 7) is 1.84. The fraction of sp³-hybridized carbons (Fsp3) is 0.417. The van der Waals surface area contributed by atoms with Crippen molar-refractivity contribution in [2.45, 2.75) is 38.8 Å². The summed E-state index contributed by atoms with van der Waals surface area (Å²) in [6.07, 6.45) is 3.17. The molecule has 2 amide bonds. The molecule has 178 valence electrons.